The van der Waals surface area contributed by atoms with Crippen molar-refractivity contribution in [2.45, 2.75) is 40.0 Å². The first kappa shape index (κ1) is 13.5. The number of hydrogen-bond acceptors (Lipinski definition) is 0. The molecular weight excluding hydrogens is 412 g/mol. The van der Waals surface area contributed by atoms with Gasteiger partial charge in [-0.3, -0.25) is 2.78 Å². The van der Waals surface area contributed by atoms with Gasteiger partial charge in [0.1, 0.15) is 0 Å². The second-order valence-electron chi connectivity index (χ2n) is 3.53. The Kier molecular flexibility index (Phi) is 5.66. The van der Waals surface area contributed by atoms with Gasteiger partial charge >= 0.3 is 0 Å². The molecule has 1 rings (SSSR count). The van der Waals surface area contributed by atoms with Gasteiger partial charge in [-0.05, 0) is 54.0 Å². The summed E-state index contributed by atoms with van der Waals surface area (Å²) < 4.78 is 3.66. The molecule has 0 bridgehead atoms. The van der Waals surface area contributed by atoms with Crippen LogP contribution in [0.2, 0.25) is 0 Å². The number of aromatic nitrogens is 1. The van der Waals surface area contributed by atoms with Gasteiger partial charge in [-0.15, -0.1) is 0 Å². The topological polar surface area (TPSA) is 4.93 Å². The lowest BCUT2D eigenvalue weighted by Gasteiger charge is -2.05. The lowest BCUT2D eigenvalue weighted by molar-refractivity contribution is 0.920. The van der Waals surface area contributed by atoms with Crippen LogP contribution in [0.1, 0.15) is 44.1 Å². The molecule has 0 fully saturated rings. The van der Waals surface area contributed by atoms with Crippen LogP contribution < -0.4 is 0 Å². The molecule has 0 aliphatic heterocycles. The predicted molar refractivity (Wildman–Crippen MR) is 84.9 cm³/mol. The molecule has 15 heavy (non-hydrogen) atoms. The third kappa shape index (κ3) is 2.99. The van der Waals surface area contributed by atoms with E-state index in [1.807, 2.05) is 0 Å². The van der Waals surface area contributed by atoms with Crippen LogP contribution in [0, 0.1) is 0 Å². The van der Waals surface area contributed by atoms with Gasteiger partial charge < -0.3 is 0 Å². The molecule has 0 aliphatic carbocycles. The van der Waals surface area contributed by atoms with Crippen LogP contribution in [0.3, 0.4) is 0 Å². The molecule has 0 aromatic carbocycles. The third-order valence-corrected chi connectivity index (χ3v) is 4.69. The Balaban J connectivity index is 3.25. The summed E-state index contributed by atoms with van der Waals surface area (Å²) in [5.41, 5.74) is 4.31. The first-order valence-electron chi connectivity index (χ1n) is 5.37. The number of halogens is 2. The van der Waals surface area contributed by atoms with Crippen molar-refractivity contribution in [3.05, 3.63) is 29.1 Å². The molecule has 84 valence electrons. The van der Waals surface area contributed by atoms with Crippen LogP contribution in [-0.2, 0) is 12.8 Å². The van der Waals surface area contributed by atoms with Crippen LogP contribution in [0.4, 0.5) is 0 Å². The van der Waals surface area contributed by atoms with Gasteiger partial charge in [-0.25, -0.2) is 0 Å². The van der Waals surface area contributed by atoms with E-state index in [1.54, 1.807) is 0 Å². The zero-order valence-corrected chi connectivity index (χ0v) is 13.8. The highest BCUT2D eigenvalue weighted by atomic mass is 127. The second kappa shape index (κ2) is 6.27. The van der Waals surface area contributed by atoms with Gasteiger partial charge in [0.05, 0.1) is 28.6 Å². The minimum Gasteiger partial charge on any atom is -0.286 e. The summed E-state index contributed by atoms with van der Waals surface area (Å²) in [5.74, 6) is 0. The van der Waals surface area contributed by atoms with Crippen LogP contribution in [-0.4, -0.2) is 2.78 Å². The largest absolute Gasteiger partial charge is 0.286 e. The van der Waals surface area contributed by atoms with E-state index < -0.39 is 0 Å². The number of allylic oxidation sites excluding steroid dienone is 1. The van der Waals surface area contributed by atoms with E-state index in [0.717, 1.165) is 6.42 Å². The van der Waals surface area contributed by atoms with Gasteiger partial charge in [0.15, 0.2) is 0 Å². The molecule has 0 N–H and O–H groups in total. The van der Waals surface area contributed by atoms with Gasteiger partial charge in [0.2, 0.25) is 0 Å². The lowest BCUT2D eigenvalue weighted by Crippen LogP contribution is -1.93. The Labute approximate surface area is 120 Å². The van der Waals surface area contributed by atoms with Crippen LogP contribution in [0.25, 0.3) is 3.58 Å². The summed E-state index contributed by atoms with van der Waals surface area (Å²) in [6.07, 6.45) is 5.68. The van der Waals surface area contributed by atoms with E-state index in [0.29, 0.717) is 0 Å². The fraction of sp³-hybridized carbons (Fsp3) is 0.500. The van der Waals surface area contributed by atoms with Crippen molar-refractivity contribution in [2.24, 2.45) is 0 Å². The maximum atomic E-state index is 2.43. The molecule has 0 unspecified atom stereocenters. The van der Waals surface area contributed by atoms with Crippen molar-refractivity contribution >= 4 is 49.0 Å². The molecule has 1 aromatic heterocycles. The molecule has 0 saturated carbocycles. The van der Waals surface area contributed by atoms with Crippen molar-refractivity contribution in [1.29, 1.82) is 0 Å². The summed E-state index contributed by atoms with van der Waals surface area (Å²) in [5, 5.41) is 0. The number of nitrogens with zero attached hydrogens (tertiary/aromatic N) is 1. The maximum absolute atomic E-state index is 2.43. The van der Waals surface area contributed by atoms with E-state index in [2.05, 4.69) is 81.1 Å². The van der Waals surface area contributed by atoms with E-state index in [1.165, 1.54) is 33.4 Å². The number of hydrogen-bond donors (Lipinski definition) is 0. The Morgan fingerprint density at radius 2 is 2.13 bits per heavy atom. The highest BCUT2D eigenvalue weighted by Crippen LogP contribution is 2.31. The van der Waals surface area contributed by atoms with Crippen molar-refractivity contribution in [2.75, 3.05) is 0 Å². The van der Waals surface area contributed by atoms with E-state index in [9.17, 15) is 0 Å². The molecule has 0 saturated heterocycles. The van der Waals surface area contributed by atoms with Gasteiger partial charge in [0, 0.05) is 9.27 Å². The first-order valence-corrected chi connectivity index (χ1v) is 7.41. The Hall–Kier alpha value is 0.480. The molecule has 0 amide bonds. The Morgan fingerprint density at radius 1 is 1.47 bits per heavy atom. The highest BCUT2D eigenvalue weighted by molar-refractivity contribution is 14.1. The zero-order chi connectivity index (χ0) is 11.4. The Morgan fingerprint density at radius 3 is 2.60 bits per heavy atom. The SMILES string of the molecule is C/C=C(/I)c1c(CCC)cc(CC)n1I. The molecule has 1 aromatic rings. The monoisotopic (exact) mass is 429 g/mol. The van der Waals surface area contributed by atoms with E-state index in [-0.39, 0.29) is 0 Å². The summed E-state index contributed by atoms with van der Waals surface area (Å²) in [6.45, 7) is 6.56. The molecule has 0 atom stereocenters. The smallest absolute Gasteiger partial charge is 0.0669 e. The highest BCUT2D eigenvalue weighted by Gasteiger charge is 2.13. The molecule has 1 heterocycles. The summed E-state index contributed by atoms with van der Waals surface area (Å²) in [6, 6.07) is 2.35. The molecule has 0 aliphatic rings. The molecule has 1 nitrogen and oxygen atoms in total. The molecule has 0 radical (unpaired) electrons. The number of rotatable bonds is 4. The molecule has 0 spiro atoms. The maximum Gasteiger partial charge on any atom is 0.0669 e. The van der Waals surface area contributed by atoms with Crippen molar-refractivity contribution in [3.63, 3.8) is 0 Å². The molecular formula is C12H17I2N. The average Bonchev–Trinajstić information content (AvgIpc) is 2.55. The number of aryl methyl sites for hydroxylation is 2. The third-order valence-electron chi connectivity index (χ3n) is 2.45. The summed E-state index contributed by atoms with van der Waals surface area (Å²) in [7, 11) is 0. The Bertz CT molecular complexity index is 364. The fourth-order valence-corrected chi connectivity index (χ4v) is 3.78. The summed E-state index contributed by atoms with van der Waals surface area (Å²) >= 11 is 4.84. The van der Waals surface area contributed by atoms with Crippen molar-refractivity contribution in [3.8, 4) is 0 Å². The normalized spacial score (nSPS) is 12.2. The van der Waals surface area contributed by atoms with Crippen LogP contribution in [0.15, 0.2) is 12.1 Å². The van der Waals surface area contributed by atoms with E-state index in [4.69, 9.17) is 0 Å². The van der Waals surface area contributed by atoms with Crippen molar-refractivity contribution < 1.29 is 0 Å². The van der Waals surface area contributed by atoms with Crippen LogP contribution >= 0.6 is 45.5 Å². The van der Waals surface area contributed by atoms with Gasteiger partial charge in [0.25, 0.3) is 0 Å². The fourth-order valence-electron chi connectivity index (χ4n) is 1.68. The van der Waals surface area contributed by atoms with E-state index >= 15 is 0 Å². The minimum absolute atomic E-state index is 1.10. The van der Waals surface area contributed by atoms with Crippen molar-refractivity contribution in [1.82, 2.24) is 2.78 Å². The lowest BCUT2D eigenvalue weighted by atomic mass is 10.1. The molecule has 3 heteroatoms. The average molecular weight is 429 g/mol. The van der Waals surface area contributed by atoms with Gasteiger partial charge in [-0.2, -0.15) is 0 Å². The standard InChI is InChI=1S/C12H17I2N/c1-4-7-9-8-10(5-2)15(14)12(9)11(13)6-3/h6,8H,4-5,7H2,1-3H3/b11-6+. The first-order chi connectivity index (χ1) is 7.15. The summed E-state index contributed by atoms with van der Waals surface area (Å²) in [4.78, 5) is 0. The van der Waals surface area contributed by atoms with Crippen LogP contribution in [0.5, 0.6) is 0 Å². The predicted octanol–water partition coefficient (Wildman–Crippen LogP) is 5.00. The second-order valence-corrected chi connectivity index (χ2v) is 5.66. The van der Waals surface area contributed by atoms with Gasteiger partial charge in [-0.1, -0.05) is 26.3 Å². The quantitative estimate of drug-likeness (QED) is 0.595. The minimum atomic E-state index is 1.10. The zero-order valence-electron chi connectivity index (χ0n) is 9.48.